The Bertz CT molecular complexity index is 670. The van der Waals surface area contributed by atoms with Crippen LogP contribution in [0, 0.1) is 0 Å². The molecular weight excluding hydrogens is 302 g/mol. The SMILES string of the molecule is CCN(C)c1ccccc1NC(=O)N1CCCCC1c1ncc[nH]1. The molecule has 2 N–H and O–H groups in total. The Labute approximate surface area is 142 Å². The molecule has 24 heavy (non-hydrogen) atoms. The van der Waals surface area contributed by atoms with Crippen molar-refractivity contribution in [3.63, 3.8) is 0 Å². The lowest BCUT2D eigenvalue weighted by Crippen LogP contribution is -2.41. The summed E-state index contributed by atoms with van der Waals surface area (Å²) in [4.78, 5) is 24.4. The molecule has 6 nitrogen and oxygen atoms in total. The van der Waals surface area contributed by atoms with Gasteiger partial charge in [0.2, 0.25) is 0 Å². The van der Waals surface area contributed by atoms with E-state index >= 15 is 0 Å². The molecule has 1 saturated heterocycles. The van der Waals surface area contributed by atoms with Crippen LogP contribution >= 0.6 is 0 Å². The maximum Gasteiger partial charge on any atom is 0.322 e. The molecule has 2 aromatic rings. The van der Waals surface area contributed by atoms with Crippen molar-refractivity contribution in [1.29, 1.82) is 0 Å². The number of nitrogens with one attached hydrogen (secondary N) is 2. The summed E-state index contributed by atoms with van der Waals surface area (Å²) in [7, 11) is 2.03. The molecule has 0 aliphatic carbocycles. The lowest BCUT2D eigenvalue weighted by Gasteiger charge is -2.35. The number of rotatable bonds is 4. The Hall–Kier alpha value is -2.50. The Morgan fingerprint density at radius 3 is 3.00 bits per heavy atom. The van der Waals surface area contributed by atoms with Crippen LogP contribution in [0.25, 0.3) is 0 Å². The minimum atomic E-state index is -0.0620. The average molecular weight is 327 g/mol. The van der Waals surface area contributed by atoms with E-state index < -0.39 is 0 Å². The van der Waals surface area contributed by atoms with Gasteiger partial charge in [0.25, 0.3) is 0 Å². The molecule has 0 saturated carbocycles. The summed E-state index contributed by atoms with van der Waals surface area (Å²) in [6, 6.07) is 7.87. The molecular formula is C18H25N5O. The van der Waals surface area contributed by atoms with Gasteiger partial charge in [-0.3, -0.25) is 0 Å². The summed E-state index contributed by atoms with van der Waals surface area (Å²) in [6.07, 6.45) is 6.64. The second-order valence-electron chi connectivity index (χ2n) is 6.14. The third-order valence-corrected chi connectivity index (χ3v) is 4.63. The minimum Gasteiger partial charge on any atom is -0.373 e. The van der Waals surface area contributed by atoms with Crippen molar-refractivity contribution in [2.75, 3.05) is 30.4 Å². The van der Waals surface area contributed by atoms with Crippen LogP contribution in [0.2, 0.25) is 0 Å². The Kier molecular flexibility index (Phi) is 5.03. The summed E-state index contributed by atoms with van der Waals surface area (Å²) in [5.74, 6) is 0.865. The van der Waals surface area contributed by atoms with Crippen LogP contribution in [-0.2, 0) is 0 Å². The fourth-order valence-corrected chi connectivity index (χ4v) is 3.19. The van der Waals surface area contributed by atoms with Gasteiger partial charge >= 0.3 is 6.03 Å². The first-order valence-electron chi connectivity index (χ1n) is 8.57. The number of benzene rings is 1. The number of para-hydroxylation sites is 2. The van der Waals surface area contributed by atoms with Crippen molar-refractivity contribution in [1.82, 2.24) is 14.9 Å². The quantitative estimate of drug-likeness (QED) is 0.901. The minimum absolute atomic E-state index is 0.0183. The predicted octanol–water partition coefficient (Wildman–Crippen LogP) is 3.62. The van der Waals surface area contributed by atoms with Crippen molar-refractivity contribution in [3.8, 4) is 0 Å². The van der Waals surface area contributed by atoms with E-state index in [1.165, 1.54) is 0 Å². The van der Waals surface area contributed by atoms with Gasteiger partial charge in [-0.15, -0.1) is 0 Å². The van der Waals surface area contributed by atoms with Crippen LogP contribution in [-0.4, -0.2) is 41.0 Å². The van der Waals surface area contributed by atoms with E-state index in [0.29, 0.717) is 0 Å². The van der Waals surface area contributed by atoms with E-state index in [0.717, 1.165) is 49.6 Å². The zero-order chi connectivity index (χ0) is 16.9. The molecule has 0 spiro atoms. The number of piperidine rings is 1. The number of carbonyl (C=O) groups is 1. The van der Waals surface area contributed by atoms with E-state index in [-0.39, 0.29) is 12.1 Å². The summed E-state index contributed by atoms with van der Waals surface area (Å²) >= 11 is 0. The number of imidazole rings is 1. The fraction of sp³-hybridized carbons (Fsp3) is 0.444. The Morgan fingerprint density at radius 1 is 1.42 bits per heavy atom. The summed E-state index contributed by atoms with van der Waals surface area (Å²) < 4.78 is 0. The van der Waals surface area contributed by atoms with Gasteiger partial charge in [-0.05, 0) is 38.3 Å². The third-order valence-electron chi connectivity index (χ3n) is 4.63. The van der Waals surface area contributed by atoms with Gasteiger partial charge in [0.15, 0.2) is 0 Å². The third kappa shape index (κ3) is 3.37. The zero-order valence-corrected chi connectivity index (χ0v) is 14.3. The molecule has 0 bridgehead atoms. The van der Waals surface area contributed by atoms with Gasteiger partial charge in [-0.2, -0.15) is 0 Å². The highest BCUT2D eigenvalue weighted by Gasteiger charge is 2.30. The monoisotopic (exact) mass is 327 g/mol. The second kappa shape index (κ2) is 7.38. The summed E-state index contributed by atoms with van der Waals surface area (Å²) in [5, 5.41) is 3.09. The number of aromatic nitrogens is 2. The number of carbonyl (C=O) groups excluding carboxylic acids is 1. The largest absolute Gasteiger partial charge is 0.373 e. The molecule has 1 aliphatic rings. The highest BCUT2D eigenvalue weighted by Crippen LogP contribution is 2.31. The van der Waals surface area contributed by atoms with Crippen molar-refractivity contribution in [2.24, 2.45) is 0 Å². The van der Waals surface area contributed by atoms with Crippen molar-refractivity contribution < 1.29 is 4.79 Å². The maximum atomic E-state index is 12.9. The highest BCUT2D eigenvalue weighted by molar-refractivity contribution is 5.93. The van der Waals surface area contributed by atoms with Gasteiger partial charge in [-0.1, -0.05) is 12.1 Å². The Morgan fingerprint density at radius 2 is 2.25 bits per heavy atom. The fourth-order valence-electron chi connectivity index (χ4n) is 3.19. The number of anilines is 2. The van der Waals surface area contributed by atoms with Gasteiger partial charge in [0.05, 0.1) is 17.4 Å². The molecule has 1 aromatic carbocycles. The number of aromatic amines is 1. The molecule has 1 unspecified atom stereocenters. The number of hydrogen-bond acceptors (Lipinski definition) is 3. The molecule has 128 valence electrons. The Balaban J connectivity index is 1.79. The van der Waals surface area contributed by atoms with Gasteiger partial charge in [0, 0.05) is 32.5 Å². The van der Waals surface area contributed by atoms with E-state index in [1.54, 1.807) is 6.20 Å². The molecule has 3 rings (SSSR count). The van der Waals surface area contributed by atoms with Gasteiger partial charge in [0.1, 0.15) is 5.82 Å². The van der Waals surface area contributed by atoms with Crippen molar-refractivity contribution in [2.45, 2.75) is 32.2 Å². The van der Waals surface area contributed by atoms with Crippen LogP contribution in [0.1, 0.15) is 38.1 Å². The smallest absolute Gasteiger partial charge is 0.322 e. The second-order valence-corrected chi connectivity index (χ2v) is 6.14. The van der Waals surface area contributed by atoms with Crippen LogP contribution < -0.4 is 10.2 Å². The molecule has 1 aromatic heterocycles. The summed E-state index contributed by atoms with van der Waals surface area (Å²) in [5.41, 5.74) is 1.87. The number of amides is 2. The molecule has 2 heterocycles. The lowest BCUT2D eigenvalue weighted by molar-refractivity contribution is 0.160. The van der Waals surface area contributed by atoms with Crippen molar-refractivity contribution >= 4 is 17.4 Å². The van der Waals surface area contributed by atoms with Crippen LogP contribution in [0.5, 0.6) is 0 Å². The predicted molar refractivity (Wildman–Crippen MR) is 96.3 cm³/mol. The van der Waals surface area contributed by atoms with Gasteiger partial charge in [-0.25, -0.2) is 9.78 Å². The number of H-pyrrole nitrogens is 1. The number of hydrogen-bond donors (Lipinski definition) is 2. The molecule has 6 heteroatoms. The molecule has 1 atom stereocenters. The van der Waals surface area contributed by atoms with Crippen molar-refractivity contribution in [3.05, 3.63) is 42.5 Å². The summed E-state index contributed by atoms with van der Waals surface area (Å²) in [6.45, 7) is 3.73. The molecule has 1 fully saturated rings. The van der Waals surface area contributed by atoms with E-state index in [2.05, 4.69) is 27.1 Å². The number of urea groups is 1. The van der Waals surface area contributed by atoms with Crippen LogP contribution in [0.4, 0.5) is 16.2 Å². The first-order valence-corrected chi connectivity index (χ1v) is 8.57. The first kappa shape index (κ1) is 16.4. The topological polar surface area (TPSA) is 64.3 Å². The number of likely N-dealkylation sites (tertiary alicyclic amines) is 1. The maximum absolute atomic E-state index is 12.9. The number of nitrogens with zero attached hydrogens (tertiary/aromatic N) is 3. The molecule has 0 radical (unpaired) electrons. The average Bonchev–Trinajstić information content (AvgIpc) is 3.16. The van der Waals surface area contributed by atoms with Crippen LogP contribution in [0.3, 0.4) is 0 Å². The highest BCUT2D eigenvalue weighted by atomic mass is 16.2. The van der Waals surface area contributed by atoms with E-state index in [9.17, 15) is 4.79 Å². The van der Waals surface area contributed by atoms with E-state index in [1.807, 2.05) is 42.4 Å². The first-order chi connectivity index (χ1) is 11.7. The standard InChI is InChI=1S/C18H25N5O/c1-3-22(2)15-9-5-4-8-14(15)21-18(24)23-13-7-6-10-16(23)17-19-11-12-20-17/h4-5,8-9,11-12,16H,3,6-7,10,13H2,1-2H3,(H,19,20)(H,21,24). The van der Waals surface area contributed by atoms with Crippen LogP contribution in [0.15, 0.2) is 36.7 Å². The lowest BCUT2D eigenvalue weighted by atomic mass is 10.0. The molecule has 2 amide bonds. The van der Waals surface area contributed by atoms with Gasteiger partial charge < -0.3 is 20.1 Å². The normalized spacial score (nSPS) is 17.6. The van der Waals surface area contributed by atoms with E-state index in [4.69, 9.17) is 0 Å². The zero-order valence-electron chi connectivity index (χ0n) is 14.3. The molecule has 1 aliphatic heterocycles.